The molecule has 0 aliphatic rings. The molecule has 0 radical (unpaired) electrons. The smallest absolute Gasteiger partial charge is 0.184 e. The van der Waals surface area contributed by atoms with Gasteiger partial charge in [0.2, 0.25) is 0 Å². The van der Waals surface area contributed by atoms with Gasteiger partial charge in [0.05, 0.1) is 6.21 Å². The minimum atomic E-state index is 0.0507. The SMILES string of the molecule is NC(=S)NN=C(C=NO)c1ccccc1. The fourth-order valence-electron chi connectivity index (χ4n) is 0.947. The highest BCUT2D eigenvalue weighted by molar-refractivity contribution is 7.80. The van der Waals surface area contributed by atoms with E-state index in [1.807, 2.05) is 30.3 Å². The van der Waals surface area contributed by atoms with Gasteiger partial charge >= 0.3 is 0 Å². The minimum Gasteiger partial charge on any atom is -0.411 e. The van der Waals surface area contributed by atoms with Gasteiger partial charge in [0.1, 0.15) is 5.71 Å². The van der Waals surface area contributed by atoms with Crippen LogP contribution in [0.1, 0.15) is 5.56 Å². The van der Waals surface area contributed by atoms with Crippen molar-refractivity contribution in [1.82, 2.24) is 5.43 Å². The molecule has 0 saturated carbocycles. The Morgan fingerprint density at radius 3 is 2.60 bits per heavy atom. The van der Waals surface area contributed by atoms with Crippen LogP contribution in [-0.4, -0.2) is 22.2 Å². The zero-order valence-electron chi connectivity index (χ0n) is 7.79. The van der Waals surface area contributed by atoms with Crippen LogP contribution in [0.5, 0.6) is 0 Å². The van der Waals surface area contributed by atoms with Gasteiger partial charge in [-0.05, 0) is 12.2 Å². The van der Waals surface area contributed by atoms with Crippen LogP contribution >= 0.6 is 12.2 Å². The Labute approximate surface area is 92.3 Å². The fourth-order valence-corrected chi connectivity index (χ4v) is 0.993. The first-order chi connectivity index (χ1) is 7.24. The Morgan fingerprint density at radius 1 is 1.40 bits per heavy atom. The summed E-state index contributed by atoms with van der Waals surface area (Å²) in [5.74, 6) is 0. The van der Waals surface area contributed by atoms with Crippen molar-refractivity contribution in [3.8, 4) is 0 Å². The highest BCUT2D eigenvalue weighted by Gasteiger charge is 1.99. The third-order valence-electron chi connectivity index (χ3n) is 1.54. The summed E-state index contributed by atoms with van der Waals surface area (Å²) in [4.78, 5) is 0. The van der Waals surface area contributed by atoms with E-state index in [-0.39, 0.29) is 5.11 Å². The lowest BCUT2D eigenvalue weighted by atomic mass is 10.1. The van der Waals surface area contributed by atoms with E-state index in [9.17, 15) is 0 Å². The lowest BCUT2D eigenvalue weighted by Gasteiger charge is -2.00. The van der Waals surface area contributed by atoms with Crippen LogP contribution in [0.4, 0.5) is 0 Å². The van der Waals surface area contributed by atoms with Crippen LogP contribution in [-0.2, 0) is 0 Å². The molecular formula is C9H10N4OS. The third-order valence-corrected chi connectivity index (χ3v) is 1.63. The van der Waals surface area contributed by atoms with Gasteiger partial charge in [-0.3, -0.25) is 5.43 Å². The molecular weight excluding hydrogens is 212 g/mol. The van der Waals surface area contributed by atoms with E-state index in [2.05, 4.69) is 27.9 Å². The Hall–Kier alpha value is -1.95. The van der Waals surface area contributed by atoms with Crippen LogP contribution in [0.15, 0.2) is 40.6 Å². The molecule has 0 spiro atoms. The van der Waals surface area contributed by atoms with Crippen LogP contribution in [0, 0.1) is 0 Å². The van der Waals surface area contributed by atoms with Crippen molar-refractivity contribution < 1.29 is 5.21 Å². The molecule has 0 amide bonds. The van der Waals surface area contributed by atoms with Gasteiger partial charge in [0.15, 0.2) is 5.11 Å². The van der Waals surface area contributed by atoms with E-state index in [4.69, 9.17) is 10.9 Å². The predicted molar refractivity (Wildman–Crippen MR) is 63.2 cm³/mol. The van der Waals surface area contributed by atoms with Crippen LogP contribution in [0.3, 0.4) is 0 Å². The Morgan fingerprint density at radius 2 is 2.07 bits per heavy atom. The minimum absolute atomic E-state index is 0.0507. The molecule has 5 nitrogen and oxygen atoms in total. The molecule has 1 rings (SSSR count). The molecule has 1 aromatic rings. The average Bonchev–Trinajstić information content (AvgIpc) is 2.25. The molecule has 0 heterocycles. The molecule has 6 heteroatoms. The van der Waals surface area contributed by atoms with Gasteiger partial charge in [-0.1, -0.05) is 35.5 Å². The molecule has 1 aromatic carbocycles. The number of oxime groups is 1. The highest BCUT2D eigenvalue weighted by atomic mass is 32.1. The van der Waals surface area contributed by atoms with Crippen molar-refractivity contribution in [2.45, 2.75) is 0 Å². The van der Waals surface area contributed by atoms with Crippen molar-refractivity contribution in [3.05, 3.63) is 35.9 Å². The van der Waals surface area contributed by atoms with E-state index in [0.29, 0.717) is 5.71 Å². The van der Waals surface area contributed by atoms with Gasteiger partial charge in [-0.2, -0.15) is 5.10 Å². The number of nitrogens with zero attached hydrogens (tertiary/aromatic N) is 2. The van der Waals surface area contributed by atoms with Gasteiger partial charge in [0.25, 0.3) is 0 Å². The maximum Gasteiger partial charge on any atom is 0.184 e. The summed E-state index contributed by atoms with van der Waals surface area (Å²) >= 11 is 4.60. The van der Waals surface area contributed by atoms with Gasteiger partial charge in [0, 0.05) is 5.56 Å². The second-order valence-corrected chi connectivity index (χ2v) is 3.02. The molecule has 0 saturated heterocycles. The van der Waals surface area contributed by atoms with E-state index in [1.165, 1.54) is 6.21 Å². The monoisotopic (exact) mass is 222 g/mol. The second-order valence-electron chi connectivity index (χ2n) is 2.58. The zero-order valence-corrected chi connectivity index (χ0v) is 8.61. The van der Waals surface area contributed by atoms with Crippen LogP contribution < -0.4 is 11.2 Å². The summed E-state index contributed by atoms with van der Waals surface area (Å²) in [6.07, 6.45) is 1.20. The van der Waals surface area contributed by atoms with E-state index in [0.717, 1.165) is 5.56 Å². The number of thiocarbonyl (C=S) groups is 1. The molecule has 0 aromatic heterocycles. The molecule has 0 aliphatic heterocycles. The standard InChI is InChI=1S/C9H10N4OS/c10-9(15)13-12-8(6-11-14)7-4-2-1-3-5-7/h1-6,14H,(H3,10,13,15). The van der Waals surface area contributed by atoms with E-state index >= 15 is 0 Å². The summed E-state index contributed by atoms with van der Waals surface area (Å²) < 4.78 is 0. The molecule has 4 N–H and O–H groups in total. The normalized spacial score (nSPS) is 11.6. The first-order valence-corrected chi connectivity index (χ1v) is 4.51. The molecule has 0 aliphatic carbocycles. The molecule has 0 unspecified atom stereocenters. The van der Waals surface area contributed by atoms with Crippen molar-refractivity contribution in [1.29, 1.82) is 0 Å². The summed E-state index contributed by atoms with van der Waals surface area (Å²) in [6.45, 7) is 0. The van der Waals surface area contributed by atoms with E-state index < -0.39 is 0 Å². The largest absolute Gasteiger partial charge is 0.411 e. The number of hydrogen-bond acceptors (Lipinski definition) is 4. The Kier molecular flexibility index (Phi) is 4.24. The summed E-state index contributed by atoms with van der Waals surface area (Å²) in [5, 5.41) is 15.3. The summed E-state index contributed by atoms with van der Waals surface area (Å²) in [5.41, 5.74) is 8.87. The van der Waals surface area contributed by atoms with Gasteiger partial charge in [-0.25, -0.2) is 0 Å². The Balaban J connectivity index is 2.93. The molecule has 78 valence electrons. The lowest BCUT2D eigenvalue weighted by molar-refractivity contribution is 0.322. The fraction of sp³-hybridized carbons (Fsp3) is 0. The maximum absolute atomic E-state index is 8.46. The number of hydrogen-bond donors (Lipinski definition) is 3. The van der Waals surface area contributed by atoms with Crippen LogP contribution in [0.2, 0.25) is 0 Å². The average molecular weight is 222 g/mol. The van der Waals surface area contributed by atoms with E-state index in [1.54, 1.807) is 0 Å². The maximum atomic E-state index is 8.46. The van der Waals surface area contributed by atoms with Gasteiger partial charge < -0.3 is 10.9 Å². The van der Waals surface area contributed by atoms with Crippen molar-refractivity contribution in [2.24, 2.45) is 16.0 Å². The second kappa shape index (κ2) is 5.71. The van der Waals surface area contributed by atoms with Crippen LogP contribution in [0.25, 0.3) is 0 Å². The number of nitrogens with one attached hydrogen (secondary N) is 1. The highest BCUT2D eigenvalue weighted by Crippen LogP contribution is 1.99. The summed E-state index contributed by atoms with van der Waals surface area (Å²) in [7, 11) is 0. The lowest BCUT2D eigenvalue weighted by Crippen LogP contribution is -2.26. The number of rotatable bonds is 3. The topological polar surface area (TPSA) is 83.0 Å². The Bertz CT molecular complexity index is 388. The molecule has 0 bridgehead atoms. The first kappa shape index (κ1) is 11.1. The first-order valence-electron chi connectivity index (χ1n) is 4.10. The summed E-state index contributed by atoms with van der Waals surface area (Å²) in [6, 6.07) is 9.20. The van der Waals surface area contributed by atoms with Crippen molar-refractivity contribution in [3.63, 3.8) is 0 Å². The third kappa shape index (κ3) is 3.74. The quantitative estimate of drug-likeness (QED) is 0.304. The number of hydrazone groups is 1. The molecule has 15 heavy (non-hydrogen) atoms. The van der Waals surface area contributed by atoms with Crippen molar-refractivity contribution >= 4 is 29.3 Å². The zero-order chi connectivity index (χ0) is 11.1. The molecule has 0 fully saturated rings. The van der Waals surface area contributed by atoms with Gasteiger partial charge in [-0.15, -0.1) is 0 Å². The molecule has 0 atom stereocenters. The van der Waals surface area contributed by atoms with Crippen molar-refractivity contribution in [2.75, 3.05) is 0 Å². The number of benzene rings is 1. The number of nitrogens with two attached hydrogens (primary N) is 1. The predicted octanol–water partition coefficient (Wildman–Crippen LogP) is 0.684.